The van der Waals surface area contributed by atoms with Crippen molar-refractivity contribution in [3.63, 3.8) is 0 Å². The molecule has 2 aliphatic rings. The Labute approximate surface area is 226 Å². The van der Waals surface area contributed by atoms with Crippen LogP contribution in [0.2, 0.25) is 0 Å². The molecule has 0 saturated carbocycles. The maximum absolute atomic E-state index is 13.7. The average molecular weight is 566 g/mol. The summed E-state index contributed by atoms with van der Waals surface area (Å²) in [6, 6.07) is 10.8. The normalized spacial score (nSPS) is 26.6. The first-order valence-corrected chi connectivity index (χ1v) is 14.3. The highest BCUT2D eigenvalue weighted by Crippen LogP contribution is 2.58. The van der Waals surface area contributed by atoms with Crippen LogP contribution < -0.4 is 15.4 Å². The van der Waals surface area contributed by atoms with Crippen molar-refractivity contribution in [1.82, 2.24) is 4.90 Å². The number of benzene rings is 1. The lowest BCUT2D eigenvalue weighted by Crippen LogP contribution is -2.82. The van der Waals surface area contributed by atoms with Crippen molar-refractivity contribution in [2.45, 2.75) is 28.8 Å². The van der Waals surface area contributed by atoms with Crippen LogP contribution in [0.1, 0.15) is 12.5 Å². The van der Waals surface area contributed by atoms with E-state index in [1.54, 1.807) is 31.6 Å². The molecule has 4 atom stereocenters. The molecule has 37 heavy (non-hydrogen) atoms. The summed E-state index contributed by atoms with van der Waals surface area (Å²) < 4.78 is 10.3. The zero-order valence-electron chi connectivity index (χ0n) is 20.4. The summed E-state index contributed by atoms with van der Waals surface area (Å²) in [7, 11) is 1.56. The van der Waals surface area contributed by atoms with Crippen LogP contribution in [0, 0.1) is 5.41 Å². The summed E-state index contributed by atoms with van der Waals surface area (Å²) >= 11 is 3.91. The number of nitrogens with two attached hydrogens (primary N) is 1. The van der Waals surface area contributed by atoms with Crippen molar-refractivity contribution in [3.8, 4) is 5.75 Å². The molecule has 4 rings (SSSR count). The number of methoxy groups -OCH3 is 1. The van der Waals surface area contributed by atoms with Crippen LogP contribution in [0.5, 0.6) is 5.75 Å². The van der Waals surface area contributed by atoms with Gasteiger partial charge in [0.1, 0.15) is 23.1 Å². The molecule has 2 aliphatic heterocycles. The Balaban J connectivity index is 1.76. The molecule has 1 aromatic heterocycles. The lowest BCUT2D eigenvalue weighted by atomic mass is 9.79. The van der Waals surface area contributed by atoms with Crippen LogP contribution >= 0.6 is 34.9 Å². The molecule has 2 fully saturated rings. The zero-order valence-corrected chi connectivity index (χ0v) is 22.9. The number of carbonyl (C=O) groups excluding carboxylic acids is 3. The molecule has 1 aromatic carbocycles. The van der Waals surface area contributed by atoms with Gasteiger partial charge in [-0.25, -0.2) is 4.79 Å². The highest BCUT2D eigenvalue weighted by Gasteiger charge is 2.71. The molecular weight excluding hydrogens is 538 g/mol. The van der Waals surface area contributed by atoms with E-state index in [0.717, 1.165) is 5.56 Å². The number of hydrogen-bond acceptors (Lipinski definition) is 9. The van der Waals surface area contributed by atoms with Crippen LogP contribution in [0.25, 0.3) is 0 Å². The molecule has 10 nitrogen and oxygen atoms in total. The van der Waals surface area contributed by atoms with E-state index in [2.05, 4.69) is 0 Å². The van der Waals surface area contributed by atoms with Crippen molar-refractivity contribution < 1.29 is 33.8 Å². The van der Waals surface area contributed by atoms with E-state index in [1.165, 1.54) is 51.6 Å². The summed E-state index contributed by atoms with van der Waals surface area (Å²) in [5.74, 6) is -1.20. The highest BCUT2D eigenvalue weighted by atomic mass is 32.2. The van der Waals surface area contributed by atoms with Crippen LogP contribution in [-0.2, 0) is 25.5 Å². The number of thiophene rings is 1. The Hall–Kier alpha value is -2.90. The number of carboxylic acid groups (broad SMARTS) is 1. The summed E-state index contributed by atoms with van der Waals surface area (Å²) in [5, 5.41) is 11.7. The molecule has 3 N–H and O–H groups in total. The van der Waals surface area contributed by atoms with Gasteiger partial charge in [-0.2, -0.15) is 0 Å². The number of primary amides is 1. The Bertz CT molecular complexity index is 1190. The van der Waals surface area contributed by atoms with Crippen molar-refractivity contribution in [2.24, 2.45) is 11.1 Å². The molecule has 13 heteroatoms. The third-order valence-electron chi connectivity index (χ3n) is 6.71. The number of anilines is 1. The number of thioether (sulfide) groups is 2. The number of nitrogens with zero attached hydrogens (tertiary/aromatic N) is 2. The van der Waals surface area contributed by atoms with Crippen LogP contribution in [0.15, 0.2) is 41.8 Å². The van der Waals surface area contributed by atoms with Gasteiger partial charge in [0.05, 0.1) is 12.1 Å². The molecule has 0 aliphatic carbocycles. The molecule has 0 radical (unpaired) electrons. The van der Waals surface area contributed by atoms with Gasteiger partial charge in [0.25, 0.3) is 5.91 Å². The predicted octanol–water partition coefficient (Wildman–Crippen LogP) is 2.86. The number of rotatable bonds is 9. The van der Waals surface area contributed by atoms with Gasteiger partial charge in [-0.1, -0.05) is 12.1 Å². The van der Waals surface area contributed by atoms with Gasteiger partial charge in [0.15, 0.2) is 0 Å². The molecular formula is C24H27N3O7S3. The number of carboxylic acids is 1. The van der Waals surface area contributed by atoms with Crippen molar-refractivity contribution in [2.75, 3.05) is 31.4 Å². The Morgan fingerprint density at radius 3 is 2.49 bits per heavy atom. The zero-order chi connectivity index (χ0) is 27.0. The summed E-state index contributed by atoms with van der Waals surface area (Å²) in [5.41, 5.74) is 4.43. The fourth-order valence-corrected chi connectivity index (χ4v) is 9.02. The van der Waals surface area contributed by atoms with Gasteiger partial charge < -0.3 is 25.2 Å². The fraction of sp³-hybridized carbons (Fsp3) is 0.417. The number of hydrogen-bond donors (Lipinski definition) is 2. The number of ether oxygens (including phenoxy) is 2. The smallest absolute Gasteiger partial charge is 0.404 e. The minimum Gasteiger partial charge on any atom is -0.497 e. The number of fused-ring (bicyclic) bond motifs is 1. The molecule has 3 amide bonds. The quantitative estimate of drug-likeness (QED) is 0.347. The average Bonchev–Trinajstić information content (AvgIpc) is 3.40. The Morgan fingerprint density at radius 1 is 1.27 bits per heavy atom. The lowest BCUT2D eigenvalue weighted by molar-refractivity contribution is -0.163. The second kappa shape index (κ2) is 10.5. The number of aliphatic carboxylic acids is 1. The SMILES string of the molecule is COc1ccc(CC2S[C@H]3N(CC2(COC(N)=O)C(=O)O)C(=O)C3(SC)N(C(C)=O)c2cccs2)cc1. The van der Waals surface area contributed by atoms with E-state index in [-0.39, 0.29) is 18.4 Å². The highest BCUT2D eigenvalue weighted by molar-refractivity contribution is 8.05. The summed E-state index contributed by atoms with van der Waals surface area (Å²) in [6.45, 7) is 0.735. The van der Waals surface area contributed by atoms with Crippen LogP contribution in [0.4, 0.5) is 9.80 Å². The number of amides is 3. The van der Waals surface area contributed by atoms with E-state index >= 15 is 0 Å². The maximum Gasteiger partial charge on any atom is 0.404 e. The largest absolute Gasteiger partial charge is 0.497 e. The van der Waals surface area contributed by atoms with Gasteiger partial charge in [-0.05, 0) is 47.9 Å². The minimum absolute atomic E-state index is 0.189. The Morgan fingerprint density at radius 2 is 1.97 bits per heavy atom. The lowest BCUT2D eigenvalue weighted by Gasteiger charge is -2.63. The monoisotopic (exact) mass is 565 g/mol. The van der Waals surface area contributed by atoms with Crippen molar-refractivity contribution in [1.29, 1.82) is 0 Å². The van der Waals surface area contributed by atoms with Gasteiger partial charge in [-0.15, -0.1) is 34.9 Å². The summed E-state index contributed by atoms with van der Waals surface area (Å²) in [4.78, 5) is 52.6. The second-order valence-corrected chi connectivity index (χ2v) is 12.0. The molecule has 2 aromatic rings. The van der Waals surface area contributed by atoms with Gasteiger partial charge in [0, 0.05) is 18.7 Å². The van der Waals surface area contributed by atoms with Crippen molar-refractivity contribution >= 4 is 63.7 Å². The van der Waals surface area contributed by atoms with Crippen molar-refractivity contribution in [3.05, 3.63) is 47.3 Å². The van der Waals surface area contributed by atoms with Crippen LogP contribution in [-0.4, -0.2) is 75.9 Å². The first kappa shape index (κ1) is 27.1. The standard InChI is InChI=1S/C24H27N3O7S3/c1-14(28)27(18-5-4-10-36-18)24(35-3)19(29)26-12-23(21(30)31,13-34-22(25)32)17(37-20(24)26)11-15-6-8-16(33-2)9-7-15/h4-10,17,20H,11-13H2,1-3H3,(H2,25,32)(H,30,31)/t17?,20-,23?,24?/m1/s1. The van der Waals surface area contributed by atoms with E-state index in [0.29, 0.717) is 17.2 Å². The van der Waals surface area contributed by atoms with E-state index in [9.17, 15) is 24.3 Å². The maximum atomic E-state index is 13.7. The first-order chi connectivity index (χ1) is 17.6. The molecule has 3 heterocycles. The number of carbonyl (C=O) groups is 4. The third-order valence-corrected chi connectivity index (χ3v) is 10.7. The van der Waals surface area contributed by atoms with Gasteiger partial charge in [0.2, 0.25) is 10.8 Å². The molecule has 3 unspecified atom stereocenters. The predicted molar refractivity (Wildman–Crippen MR) is 143 cm³/mol. The molecule has 2 saturated heterocycles. The minimum atomic E-state index is -1.61. The van der Waals surface area contributed by atoms with E-state index < -0.39 is 39.6 Å². The first-order valence-electron chi connectivity index (χ1n) is 11.2. The fourth-order valence-electron chi connectivity index (χ4n) is 4.84. The van der Waals surface area contributed by atoms with Gasteiger partial charge in [-0.3, -0.25) is 19.3 Å². The summed E-state index contributed by atoms with van der Waals surface area (Å²) in [6.07, 6.45) is 0.989. The molecule has 198 valence electrons. The van der Waals surface area contributed by atoms with Crippen LogP contribution in [0.3, 0.4) is 0 Å². The topological polar surface area (TPSA) is 139 Å². The second-order valence-electron chi connectivity index (χ2n) is 8.74. The van der Waals surface area contributed by atoms with E-state index in [4.69, 9.17) is 15.2 Å². The van der Waals surface area contributed by atoms with E-state index in [1.807, 2.05) is 23.6 Å². The molecule has 0 spiro atoms. The van der Waals surface area contributed by atoms with Gasteiger partial charge >= 0.3 is 12.1 Å². The third kappa shape index (κ3) is 4.53. The molecule has 0 bridgehead atoms. The Kier molecular flexibility index (Phi) is 7.67. The number of β-lactam (4-membered cyclic amide) rings is 1.